The van der Waals surface area contributed by atoms with Crippen molar-refractivity contribution in [2.75, 3.05) is 0 Å². The van der Waals surface area contributed by atoms with E-state index in [1.54, 1.807) is 6.20 Å². The molecule has 0 fully saturated rings. The summed E-state index contributed by atoms with van der Waals surface area (Å²) in [5, 5.41) is 12.6. The third-order valence-corrected chi connectivity index (χ3v) is 4.80. The van der Waals surface area contributed by atoms with Crippen LogP contribution in [0.2, 0.25) is 0 Å². The lowest BCUT2D eigenvalue weighted by molar-refractivity contribution is 0.457. The number of pyridine rings is 1. The summed E-state index contributed by atoms with van der Waals surface area (Å²) >= 11 is 0. The van der Waals surface area contributed by atoms with E-state index in [0.717, 1.165) is 38.8 Å². The Kier molecular flexibility index (Phi) is 3.87. The van der Waals surface area contributed by atoms with Gasteiger partial charge in [-0.05, 0) is 30.3 Å². The van der Waals surface area contributed by atoms with E-state index in [4.69, 9.17) is 4.99 Å². The molecule has 5 rings (SSSR count). The maximum absolute atomic E-state index is 10.7. The van der Waals surface area contributed by atoms with Gasteiger partial charge in [0.05, 0.1) is 22.5 Å². The molecular formula is C24H17N3O. The van der Waals surface area contributed by atoms with E-state index in [0.29, 0.717) is 5.56 Å². The van der Waals surface area contributed by atoms with Crippen molar-refractivity contribution in [2.24, 2.45) is 4.99 Å². The summed E-state index contributed by atoms with van der Waals surface area (Å²) < 4.78 is 0. The molecule has 5 aromatic rings. The Morgan fingerprint density at radius 1 is 0.857 bits per heavy atom. The molecule has 2 heterocycles. The van der Waals surface area contributed by atoms with Crippen LogP contribution in [0.3, 0.4) is 0 Å². The summed E-state index contributed by atoms with van der Waals surface area (Å²) in [6, 6.07) is 27.6. The topological polar surface area (TPSA) is 61.3 Å². The van der Waals surface area contributed by atoms with Crippen LogP contribution in [0.5, 0.6) is 5.88 Å². The van der Waals surface area contributed by atoms with Gasteiger partial charge in [0.1, 0.15) is 0 Å². The predicted molar refractivity (Wildman–Crippen MR) is 113 cm³/mol. The third kappa shape index (κ3) is 2.81. The van der Waals surface area contributed by atoms with E-state index >= 15 is 0 Å². The third-order valence-electron chi connectivity index (χ3n) is 4.80. The van der Waals surface area contributed by atoms with Gasteiger partial charge in [-0.2, -0.15) is 0 Å². The fourth-order valence-corrected chi connectivity index (χ4v) is 3.49. The Bertz CT molecular complexity index is 1320. The van der Waals surface area contributed by atoms with Crippen molar-refractivity contribution in [3.8, 4) is 5.88 Å². The highest BCUT2D eigenvalue weighted by Gasteiger charge is 2.18. The van der Waals surface area contributed by atoms with Crippen LogP contribution in [0.4, 0.5) is 5.69 Å². The number of hydrogen-bond acceptors (Lipinski definition) is 3. The lowest BCUT2D eigenvalue weighted by atomic mass is 10.0. The molecule has 0 radical (unpaired) electrons. The molecule has 0 saturated carbocycles. The zero-order valence-corrected chi connectivity index (χ0v) is 15.0. The number of aromatic hydroxyl groups is 1. The number of nitrogens with one attached hydrogen (secondary N) is 1. The number of H-pyrrole nitrogens is 1. The quantitative estimate of drug-likeness (QED) is 0.410. The summed E-state index contributed by atoms with van der Waals surface area (Å²) in [6.45, 7) is 0. The minimum absolute atomic E-state index is 0.117. The van der Waals surface area contributed by atoms with Gasteiger partial charge in [-0.15, -0.1) is 0 Å². The Labute approximate surface area is 161 Å². The van der Waals surface area contributed by atoms with Crippen LogP contribution < -0.4 is 0 Å². The van der Waals surface area contributed by atoms with Gasteiger partial charge in [0.25, 0.3) is 0 Å². The number of aliphatic imine (C=N–C) groups is 1. The molecule has 2 N–H and O–H groups in total. The Morgan fingerprint density at radius 2 is 1.68 bits per heavy atom. The second-order valence-electron chi connectivity index (χ2n) is 6.60. The molecule has 0 saturated heterocycles. The van der Waals surface area contributed by atoms with E-state index in [9.17, 15) is 5.11 Å². The van der Waals surface area contributed by atoms with Crippen molar-refractivity contribution >= 4 is 33.2 Å². The number of benzene rings is 3. The highest BCUT2D eigenvalue weighted by Crippen LogP contribution is 2.31. The largest absolute Gasteiger partial charge is 0.494 e. The van der Waals surface area contributed by atoms with E-state index < -0.39 is 0 Å². The number of fused-ring (bicyclic) bond motifs is 2. The van der Waals surface area contributed by atoms with Gasteiger partial charge in [-0.3, -0.25) is 4.98 Å². The number of hydrogen-bond donors (Lipinski definition) is 2. The number of nitrogens with zero attached hydrogens (tertiary/aromatic N) is 2. The number of rotatable bonds is 3. The molecule has 0 aliphatic rings. The van der Waals surface area contributed by atoms with Crippen molar-refractivity contribution < 1.29 is 5.11 Å². The van der Waals surface area contributed by atoms with Gasteiger partial charge < -0.3 is 10.1 Å². The number of para-hydroxylation sites is 1. The molecule has 0 bridgehead atoms. The van der Waals surface area contributed by atoms with Crippen LogP contribution in [-0.4, -0.2) is 20.8 Å². The molecule has 4 heteroatoms. The van der Waals surface area contributed by atoms with Crippen molar-refractivity contribution in [3.63, 3.8) is 0 Å². The first-order chi connectivity index (χ1) is 13.8. The molecule has 0 aliphatic carbocycles. The van der Waals surface area contributed by atoms with E-state index in [2.05, 4.69) is 9.97 Å². The van der Waals surface area contributed by atoms with Crippen molar-refractivity contribution in [1.82, 2.24) is 9.97 Å². The smallest absolute Gasteiger partial charge is 0.199 e. The predicted octanol–water partition coefficient (Wildman–Crippen LogP) is 5.59. The molecule has 0 amide bonds. The van der Waals surface area contributed by atoms with Crippen LogP contribution in [0.1, 0.15) is 11.1 Å². The monoisotopic (exact) mass is 363 g/mol. The van der Waals surface area contributed by atoms with Crippen molar-refractivity contribution in [3.05, 3.63) is 102 Å². The minimum atomic E-state index is 0.117. The van der Waals surface area contributed by atoms with Gasteiger partial charge in [0.15, 0.2) is 5.88 Å². The molecule has 4 nitrogen and oxygen atoms in total. The van der Waals surface area contributed by atoms with E-state index in [1.165, 1.54) is 0 Å². The summed E-state index contributed by atoms with van der Waals surface area (Å²) in [5.41, 5.74) is 4.98. The minimum Gasteiger partial charge on any atom is -0.494 e. The summed E-state index contributed by atoms with van der Waals surface area (Å²) in [4.78, 5) is 12.4. The van der Waals surface area contributed by atoms with E-state index in [1.807, 2.05) is 84.9 Å². The molecule has 0 spiro atoms. The van der Waals surface area contributed by atoms with E-state index in [-0.39, 0.29) is 5.88 Å². The van der Waals surface area contributed by atoms with Gasteiger partial charge in [0, 0.05) is 28.0 Å². The second kappa shape index (κ2) is 6.67. The molecule has 2 aromatic heterocycles. The van der Waals surface area contributed by atoms with Gasteiger partial charge in [0.2, 0.25) is 0 Å². The molecular weight excluding hydrogens is 346 g/mol. The summed E-state index contributed by atoms with van der Waals surface area (Å²) in [7, 11) is 0. The summed E-state index contributed by atoms with van der Waals surface area (Å²) in [6.07, 6.45) is 1.78. The maximum Gasteiger partial charge on any atom is 0.199 e. The molecule has 0 atom stereocenters. The molecule has 134 valence electrons. The molecule has 3 aromatic carbocycles. The van der Waals surface area contributed by atoms with Crippen LogP contribution in [-0.2, 0) is 0 Å². The lowest BCUT2D eigenvalue weighted by Crippen LogP contribution is -2.02. The van der Waals surface area contributed by atoms with Crippen molar-refractivity contribution in [2.45, 2.75) is 0 Å². The highest BCUT2D eigenvalue weighted by molar-refractivity contribution is 6.21. The molecule has 28 heavy (non-hydrogen) atoms. The first kappa shape index (κ1) is 16.3. The van der Waals surface area contributed by atoms with Crippen LogP contribution >= 0.6 is 0 Å². The first-order valence-electron chi connectivity index (χ1n) is 9.08. The van der Waals surface area contributed by atoms with Gasteiger partial charge >= 0.3 is 0 Å². The van der Waals surface area contributed by atoms with Crippen LogP contribution in [0, 0.1) is 0 Å². The fraction of sp³-hybridized carbons (Fsp3) is 0. The summed E-state index contributed by atoms with van der Waals surface area (Å²) in [5.74, 6) is 0.117. The second-order valence-corrected chi connectivity index (χ2v) is 6.60. The first-order valence-corrected chi connectivity index (χ1v) is 9.08. The standard InChI is InChI=1S/C24H17N3O/c28-24-22(19-10-4-5-11-21(19)27-24)23(16-7-2-1-3-8-16)26-18-12-13-20-17(15-18)9-6-14-25-20/h1-15,27-28H. The molecule has 0 unspecified atom stereocenters. The Morgan fingerprint density at radius 3 is 2.57 bits per heavy atom. The molecule has 0 aliphatic heterocycles. The fourth-order valence-electron chi connectivity index (χ4n) is 3.49. The van der Waals surface area contributed by atoms with Gasteiger partial charge in [-0.1, -0.05) is 54.6 Å². The van der Waals surface area contributed by atoms with Gasteiger partial charge in [-0.25, -0.2) is 4.99 Å². The zero-order chi connectivity index (χ0) is 18.9. The Hall–Kier alpha value is -3.92. The van der Waals surface area contributed by atoms with Crippen LogP contribution in [0.15, 0.2) is 96.1 Å². The van der Waals surface area contributed by atoms with Crippen LogP contribution in [0.25, 0.3) is 21.8 Å². The Balaban J connectivity index is 1.77. The number of aromatic nitrogens is 2. The average molecular weight is 363 g/mol. The number of aromatic amines is 1. The highest BCUT2D eigenvalue weighted by atomic mass is 16.3. The SMILES string of the molecule is Oc1[nH]c2ccccc2c1C(=Nc1ccc2ncccc2c1)c1ccccc1. The zero-order valence-electron chi connectivity index (χ0n) is 15.0. The normalized spacial score (nSPS) is 11.9. The average Bonchev–Trinajstić information content (AvgIpc) is 3.08. The maximum atomic E-state index is 10.7. The van der Waals surface area contributed by atoms with Crippen molar-refractivity contribution in [1.29, 1.82) is 0 Å². The lowest BCUT2D eigenvalue weighted by Gasteiger charge is -2.08.